The standard InChI is InChI=1S/C8H3ClN2/c1-11-8-6(5-10)3-2-4-7(8)9/h2-4H. The van der Waals surface area contributed by atoms with Crippen molar-refractivity contribution < 1.29 is 0 Å². The van der Waals surface area contributed by atoms with Gasteiger partial charge in [-0.3, -0.25) is 0 Å². The minimum atomic E-state index is 0.233. The third-order valence-electron chi connectivity index (χ3n) is 1.22. The predicted octanol–water partition coefficient (Wildman–Crippen LogP) is 2.76. The van der Waals surface area contributed by atoms with Crippen LogP contribution in [0.2, 0.25) is 5.02 Å². The molecule has 0 spiro atoms. The van der Waals surface area contributed by atoms with Gasteiger partial charge in [0.15, 0.2) is 0 Å². The summed E-state index contributed by atoms with van der Waals surface area (Å²) in [5, 5.41) is 8.85. The Labute approximate surface area is 69.5 Å². The summed E-state index contributed by atoms with van der Waals surface area (Å²) >= 11 is 5.64. The molecule has 0 saturated carbocycles. The van der Waals surface area contributed by atoms with Crippen LogP contribution in [0.5, 0.6) is 0 Å². The number of hydrogen-bond donors (Lipinski definition) is 0. The maximum Gasteiger partial charge on any atom is 0.222 e. The van der Waals surface area contributed by atoms with Crippen molar-refractivity contribution in [2.24, 2.45) is 0 Å². The highest BCUT2D eigenvalue weighted by Gasteiger charge is 2.04. The first-order chi connectivity index (χ1) is 5.29. The molecule has 11 heavy (non-hydrogen) atoms. The Morgan fingerprint density at radius 1 is 1.55 bits per heavy atom. The molecule has 0 aromatic heterocycles. The van der Waals surface area contributed by atoms with Crippen molar-refractivity contribution in [3.8, 4) is 6.07 Å². The number of benzene rings is 1. The molecule has 52 valence electrons. The minimum Gasteiger partial charge on any atom is -0.235 e. The Morgan fingerprint density at radius 3 is 2.73 bits per heavy atom. The molecule has 1 aromatic rings. The summed E-state index contributed by atoms with van der Waals surface area (Å²) in [7, 11) is 0. The Morgan fingerprint density at radius 2 is 2.27 bits per heavy atom. The van der Waals surface area contributed by atoms with E-state index in [1.165, 1.54) is 0 Å². The Hall–Kier alpha value is -1.51. The van der Waals surface area contributed by atoms with E-state index in [1.54, 1.807) is 18.2 Å². The monoisotopic (exact) mass is 162 g/mol. The van der Waals surface area contributed by atoms with Crippen molar-refractivity contribution in [2.75, 3.05) is 0 Å². The number of hydrogen-bond acceptors (Lipinski definition) is 1. The Kier molecular flexibility index (Phi) is 2.11. The summed E-state index contributed by atoms with van der Waals surface area (Å²) in [6.07, 6.45) is 0. The van der Waals surface area contributed by atoms with E-state index in [1.807, 2.05) is 6.07 Å². The Balaban J connectivity index is 3.42. The quantitative estimate of drug-likeness (QED) is 0.539. The zero-order valence-corrected chi connectivity index (χ0v) is 6.26. The highest BCUT2D eigenvalue weighted by atomic mass is 35.5. The van der Waals surface area contributed by atoms with Crippen LogP contribution in [0.3, 0.4) is 0 Å². The zero-order chi connectivity index (χ0) is 8.27. The van der Waals surface area contributed by atoms with Crippen molar-refractivity contribution in [1.29, 1.82) is 5.26 Å². The summed E-state index contributed by atoms with van der Waals surface area (Å²) in [5.41, 5.74) is 0.559. The van der Waals surface area contributed by atoms with E-state index in [0.717, 1.165) is 0 Å². The molecule has 0 atom stereocenters. The molecule has 0 unspecified atom stereocenters. The van der Waals surface area contributed by atoms with E-state index in [2.05, 4.69) is 4.85 Å². The normalized spacial score (nSPS) is 8.27. The number of rotatable bonds is 0. The molecular formula is C8H3ClN2. The van der Waals surface area contributed by atoms with Crippen molar-refractivity contribution >= 4 is 17.3 Å². The molecule has 0 saturated heterocycles. The van der Waals surface area contributed by atoms with Gasteiger partial charge in [0, 0.05) is 5.02 Å². The van der Waals surface area contributed by atoms with E-state index in [9.17, 15) is 0 Å². The molecule has 0 N–H and O–H groups in total. The number of halogens is 1. The smallest absolute Gasteiger partial charge is 0.222 e. The molecule has 0 heterocycles. The molecule has 1 aromatic carbocycles. The lowest BCUT2D eigenvalue weighted by Crippen LogP contribution is -1.73. The number of nitriles is 1. The molecule has 3 heteroatoms. The molecule has 2 nitrogen and oxygen atoms in total. The van der Waals surface area contributed by atoms with Crippen LogP contribution < -0.4 is 0 Å². The van der Waals surface area contributed by atoms with Crippen molar-refractivity contribution in [2.45, 2.75) is 0 Å². The minimum absolute atomic E-state index is 0.233. The number of nitrogens with zero attached hydrogens (tertiary/aromatic N) is 2. The van der Waals surface area contributed by atoms with Gasteiger partial charge in [-0.15, -0.1) is 0 Å². The lowest BCUT2D eigenvalue weighted by atomic mass is 10.2. The maximum atomic E-state index is 8.52. The molecule has 0 amide bonds. The van der Waals surface area contributed by atoms with Crippen LogP contribution in [0.15, 0.2) is 18.2 Å². The van der Waals surface area contributed by atoms with Gasteiger partial charge in [-0.05, 0) is 0 Å². The van der Waals surface area contributed by atoms with E-state index in [4.69, 9.17) is 23.4 Å². The molecule has 0 radical (unpaired) electrons. The lowest BCUT2D eigenvalue weighted by Gasteiger charge is -1.94. The summed E-state index contributed by atoms with van der Waals surface area (Å²) in [4.78, 5) is 3.14. The second-order valence-corrected chi connectivity index (χ2v) is 2.27. The van der Waals surface area contributed by atoms with Gasteiger partial charge in [0.05, 0.1) is 18.2 Å². The molecule has 0 aliphatic rings. The topological polar surface area (TPSA) is 28.1 Å². The van der Waals surface area contributed by atoms with Crippen molar-refractivity contribution in [3.05, 3.63) is 40.2 Å². The van der Waals surface area contributed by atoms with E-state index in [-0.39, 0.29) is 5.69 Å². The second kappa shape index (κ2) is 3.05. The SMILES string of the molecule is [C-]#[N+]c1c(Cl)cccc1C#N. The highest BCUT2D eigenvalue weighted by Crippen LogP contribution is 2.27. The highest BCUT2D eigenvalue weighted by molar-refractivity contribution is 6.33. The first-order valence-electron chi connectivity index (χ1n) is 2.85. The third-order valence-corrected chi connectivity index (χ3v) is 1.52. The summed E-state index contributed by atoms with van der Waals surface area (Å²) < 4.78 is 0. The van der Waals surface area contributed by atoms with Gasteiger partial charge in [0.25, 0.3) is 0 Å². The fraction of sp³-hybridized carbons (Fsp3) is 0. The summed E-state index contributed by atoms with van der Waals surface area (Å²) in [6, 6.07) is 6.70. The molecular weight excluding hydrogens is 160 g/mol. The second-order valence-electron chi connectivity index (χ2n) is 1.86. The first-order valence-corrected chi connectivity index (χ1v) is 3.23. The molecule has 0 fully saturated rings. The van der Waals surface area contributed by atoms with Gasteiger partial charge in [0.2, 0.25) is 5.69 Å². The summed E-state index contributed by atoms with van der Waals surface area (Å²) in [6.45, 7) is 6.72. The molecule has 1 rings (SSSR count). The van der Waals surface area contributed by atoms with Crippen LogP contribution in [0.1, 0.15) is 5.56 Å². The van der Waals surface area contributed by atoms with Crippen molar-refractivity contribution in [3.63, 3.8) is 0 Å². The van der Waals surface area contributed by atoms with Crippen molar-refractivity contribution in [1.82, 2.24) is 0 Å². The van der Waals surface area contributed by atoms with Crippen LogP contribution in [0.25, 0.3) is 4.85 Å². The predicted molar refractivity (Wildman–Crippen MR) is 42.4 cm³/mol. The van der Waals surface area contributed by atoms with E-state index >= 15 is 0 Å². The van der Waals surface area contributed by atoms with Crippen LogP contribution in [0.4, 0.5) is 5.69 Å². The van der Waals surface area contributed by atoms with Gasteiger partial charge in [0.1, 0.15) is 0 Å². The Bertz CT molecular complexity index is 357. The molecule has 0 bridgehead atoms. The average Bonchev–Trinajstić information content (AvgIpc) is 2.04. The number of para-hydroxylation sites is 1. The van der Waals surface area contributed by atoms with Gasteiger partial charge >= 0.3 is 0 Å². The van der Waals surface area contributed by atoms with E-state index < -0.39 is 0 Å². The van der Waals surface area contributed by atoms with Gasteiger partial charge < -0.3 is 0 Å². The van der Waals surface area contributed by atoms with Crippen LogP contribution in [0, 0.1) is 17.9 Å². The summed E-state index contributed by atoms with van der Waals surface area (Å²) in [5.74, 6) is 0. The maximum absolute atomic E-state index is 8.52. The first kappa shape index (κ1) is 7.60. The van der Waals surface area contributed by atoms with Crippen LogP contribution in [-0.4, -0.2) is 0 Å². The van der Waals surface area contributed by atoms with Gasteiger partial charge in [-0.2, -0.15) is 5.26 Å². The van der Waals surface area contributed by atoms with E-state index in [0.29, 0.717) is 10.6 Å². The fourth-order valence-electron chi connectivity index (χ4n) is 0.719. The average molecular weight is 163 g/mol. The third kappa shape index (κ3) is 1.32. The van der Waals surface area contributed by atoms with Crippen LogP contribution >= 0.6 is 11.6 Å². The van der Waals surface area contributed by atoms with Gasteiger partial charge in [-0.25, -0.2) is 4.85 Å². The van der Waals surface area contributed by atoms with Crippen LogP contribution in [-0.2, 0) is 0 Å². The zero-order valence-electron chi connectivity index (χ0n) is 5.50. The lowest BCUT2D eigenvalue weighted by molar-refractivity contribution is 1.49. The largest absolute Gasteiger partial charge is 0.235 e. The molecule has 0 aliphatic carbocycles. The van der Waals surface area contributed by atoms with Gasteiger partial charge in [-0.1, -0.05) is 29.8 Å². The molecule has 0 aliphatic heterocycles. The fourth-order valence-corrected chi connectivity index (χ4v) is 0.936.